The van der Waals surface area contributed by atoms with Crippen LogP contribution in [-0.4, -0.2) is 54.8 Å². The quantitative estimate of drug-likeness (QED) is 0.700. The van der Waals surface area contributed by atoms with E-state index in [2.05, 4.69) is 46.2 Å². The van der Waals surface area contributed by atoms with Crippen LogP contribution >= 0.6 is 0 Å². The van der Waals surface area contributed by atoms with E-state index in [-0.39, 0.29) is 5.41 Å². The van der Waals surface area contributed by atoms with Crippen LogP contribution in [0.3, 0.4) is 0 Å². The Morgan fingerprint density at radius 1 is 1.15 bits per heavy atom. The van der Waals surface area contributed by atoms with E-state index in [4.69, 9.17) is 14.6 Å². The summed E-state index contributed by atoms with van der Waals surface area (Å²) in [5.74, 6) is -0.846. The average Bonchev–Trinajstić information content (AvgIpc) is 3.49. The second kappa shape index (κ2) is 9.29. The van der Waals surface area contributed by atoms with E-state index in [0.717, 1.165) is 44.0 Å². The fourth-order valence-corrected chi connectivity index (χ4v) is 4.74. The molecule has 9 heteroatoms. The van der Waals surface area contributed by atoms with Gasteiger partial charge in [0.25, 0.3) is 0 Å². The first-order valence-electron chi connectivity index (χ1n) is 11.2. The molecular weight excluding hydrogens is 449 g/mol. The van der Waals surface area contributed by atoms with Gasteiger partial charge in [0.1, 0.15) is 5.75 Å². The van der Waals surface area contributed by atoms with Gasteiger partial charge in [-0.15, -0.1) is 0 Å². The number of halogens is 3. The van der Waals surface area contributed by atoms with Crippen LogP contribution in [0, 0.1) is 5.92 Å². The number of carboxylic acids is 1. The molecule has 182 valence electrons. The van der Waals surface area contributed by atoms with Crippen molar-refractivity contribution in [1.82, 2.24) is 4.90 Å². The molecule has 1 spiro atoms. The van der Waals surface area contributed by atoms with E-state index < -0.39 is 12.1 Å². The van der Waals surface area contributed by atoms with Gasteiger partial charge in [-0.25, -0.2) is 4.79 Å². The normalized spacial score (nSPS) is 21.9. The van der Waals surface area contributed by atoms with Gasteiger partial charge in [0.15, 0.2) is 0 Å². The zero-order chi connectivity index (χ0) is 24.5. The monoisotopic (exact) mass is 476 g/mol. The summed E-state index contributed by atoms with van der Waals surface area (Å²) in [7, 11) is 1.69. The number of nitrogens with zero attached hydrogens (tertiary/aromatic N) is 2. The average molecular weight is 476 g/mol. The molecule has 0 radical (unpaired) electrons. The van der Waals surface area contributed by atoms with E-state index in [1.165, 1.54) is 24.0 Å². The third-order valence-corrected chi connectivity index (χ3v) is 6.66. The summed E-state index contributed by atoms with van der Waals surface area (Å²) in [6.07, 6.45) is -1.63. The number of ether oxygens (including phenoxy) is 1. The number of benzene rings is 2. The topological polar surface area (TPSA) is 70.1 Å². The first-order chi connectivity index (χ1) is 16.1. The molecule has 2 heterocycles. The Morgan fingerprint density at radius 3 is 2.38 bits per heavy atom. The van der Waals surface area contributed by atoms with Crippen molar-refractivity contribution >= 4 is 17.6 Å². The SMILES string of the molecule is COc1ccc(CN2CCC3(C2)C(=O)N(CC2CC2)c2ccccc23)cc1.O=C(O)C(F)(F)F. The van der Waals surface area contributed by atoms with Crippen LogP contribution in [0.5, 0.6) is 5.75 Å². The number of para-hydroxylation sites is 1. The number of alkyl halides is 3. The number of aliphatic carboxylic acids is 1. The lowest BCUT2D eigenvalue weighted by atomic mass is 9.81. The molecule has 0 bridgehead atoms. The molecule has 6 nitrogen and oxygen atoms in total. The van der Waals surface area contributed by atoms with Crippen LogP contribution in [0.25, 0.3) is 0 Å². The van der Waals surface area contributed by atoms with Crippen LogP contribution in [-0.2, 0) is 21.5 Å². The minimum Gasteiger partial charge on any atom is -0.497 e. The summed E-state index contributed by atoms with van der Waals surface area (Å²) in [5.41, 5.74) is 3.31. The predicted molar refractivity (Wildman–Crippen MR) is 120 cm³/mol. The Balaban J connectivity index is 0.000000344. The summed E-state index contributed by atoms with van der Waals surface area (Å²) >= 11 is 0. The van der Waals surface area contributed by atoms with E-state index in [0.29, 0.717) is 11.8 Å². The highest BCUT2D eigenvalue weighted by atomic mass is 19.4. The number of methoxy groups -OCH3 is 1. The van der Waals surface area contributed by atoms with Crippen LogP contribution in [0.1, 0.15) is 30.4 Å². The standard InChI is InChI=1S/C23H26N2O2.C2HF3O2/c1-27-19-10-8-17(9-11-19)14-24-13-12-23(16-24)20-4-2-3-5-21(20)25(22(23)26)15-18-6-7-18;3-2(4,5)1(6)7/h2-5,8-11,18H,6-7,12-16H2,1H3;(H,6,7). The maximum Gasteiger partial charge on any atom is 0.490 e. The van der Waals surface area contributed by atoms with Gasteiger partial charge in [0.05, 0.1) is 12.5 Å². The van der Waals surface area contributed by atoms with Gasteiger partial charge in [0.2, 0.25) is 5.91 Å². The number of amides is 1. The first kappa shape index (κ1) is 24.1. The van der Waals surface area contributed by atoms with Crippen molar-refractivity contribution in [2.45, 2.75) is 37.4 Å². The van der Waals surface area contributed by atoms with Crippen LogP contribution in [0.2, 0.25) is 0 Å². The number of anilines is 1. The minimum absolute atomic E-state index is 0.327. The molecular formula is C25H27F3N2O4. The van der Waals surface area contributed by atoms with Gasteiger partial charge < -0.3 is 14.7 Å². The molecule has 1 saturated heterocycles. The third kappa shape index (κ3) is 4.89. The van der Waals surface area contributed by atoms with Crippen LogP contribution in [0.4, 0.5) is 18.9 Å². The number of hydrogen-bond donors (Lipinski definition) is 1. The molecule has 2 aromatic carbocycles. The number of hydrogen-bond acceptors (Lipinski definition) is 4. The second-order valence-electron chi connectivity index (χ2n) is 9.07. The number of carbonyl (C=O) groups is 2. The maximum absolute atomic E-state index is 13.5. The number of likely N-dealkylation sites (tertiary alicyclic amines) is 1. The molecule has 1 amide bonds. The molecule has 1 aliphatic carbocycles. The highest BCUT2D eigenvalue weighted by Crippen LogP contribution is 2.48. The molecule has 2 aliphatic heterocycles. The molecule has 1 N–H and O–H groups in total. The number of carboxylic acid groups (broad SMARTS) is 1. The Bertz CT molecular complexity index is 1050. The molecule has 1 saturated carbocycles. The predicted octanol–water partition coefficient (Wildman–Crippen LogP) is 4.23. The van der Waals surface area contributed by atoms with E-state index in [1.54, 1.807) is 7.11 Å². The van der Waals surface area contributed by atoms with E-state index in [1.807, 2.05) is 12.1 Å². The van der Waals surface area contributed by atoms with Gasteiger partial charge in [-0.2, -0.15) is 13.2 Å². The summed E-state index contributed by atoms with van der Waals surface area (Å²) in [5, 5.41) is 7.12. The number of rotatable bonds is 5. The van der Waals surface area contributed by atoms with E-state index >= 15 is 0 Å². The molecule has 2 fully saturated rings. The van der Waals surface area contributed by atoms with E-state index in [9.17, 15) is 18.0 Å². The zero-order valence-electron chi connectivity index (χ0n) is 18.8. The molecule has 2 aromatic rings. The smallest absolute Gasteiger partial charge is 0.490 e. The molecule has 0 aromatic heterocycles. The Morgan fingerprint density at radius 2 is 1.79 bits per heavy atom. The maximum atomic E-state index is 13.5. The highest BCUT2D eigenvalue weighted by Gasteiger charge is 2.54. The van der Waals surface area contributed by atoms with Crippen molar-refractivity contribution in [3.63, 3.8) is 0 Å². The lowest BCUT2D eigenvalue weighted by Gasteiger charge is -2.25. The molecule has 34 heavy (non-hydrogen) atoms. The summed E-state index contributed by atoms with van der Waals surface area (Å²) in [4.78, 5) is 26.9. The third-order valence-electron chi connectivity index (χ3n) is 6.66. The number of carbonyl (C=O) groups excluding carboxylic acids is 1. The second-order valence-corrected chi connectivity index (χ2v) is 9.07. The fourth-order valence-electron chi connectivity index (χ4n) is 4.74. The molecule has 1 atom stereocenters. The van der Waals surface area contributed by atoms with Gasteiger partial charge in [-0.1, -0.05) is 30.3 Å². The van der Waals surface area contributed by atoms with Crippen molar-refractivity contribution in [2.24, 2.45) is 5.92 Å². The highest BCUT2D eigenvalue weighted by molar-refractivity contribution is 6.08. The van der Waals surface area contributed by atoms with Crippen molar-refractivity contribution in [3.05, 3.63) is 59.7 Å². The Hall–Kier alpha value is -3.07. The van der Waals surface area contributed by atoms with Gasteiger partial charge >= 0.3 is 12.1 Å². The van der Waals surface area contributed by atoms with Crippen molar-refractivity contribution in [1.29, 1.82) is 0 Å². The summed E-state index contributed by atoms with van der Waals surface area (Å²) < 4.78 is 37.0. The van der Waals surface area contributed by atoms with Gasteiger partial charge in [-0.3, -0.25) is 9.69 Å². The lowest BCUT2D eigenvalue weighted by Crippen LogP contribution is -2.43. The first-order valence-corrected chi connectivity index (χ1v) is 11.2. The molecule has 1 unspecified atom stereocenters. The molecule has 3 aliphatic rings. The lowest BCUT2D eigenvalue weighted by molar-refractivity contribution is -0.192. The largest absolute Gasteiger partial charge is 0.497 e. The zero-order valence-corrected chi connectivity index (χ0v) is 18.8. The van der Waals surface area contributed by atoms with Crippen molar-refractivity contribution in [2.75, 3.05) is 31.6 Å². The van der Waals surface area contributed by atoms with Crippen LogP contribution in [0.15, 0.2) is 48.5 Å². The number of fused-ring (bicyclic) bond motifs is 2. The summed E-state index contributed by atoms with van der Waals surface area (Å²) in [6.45, 7) is 3.55. The van der Waals surface area contributed by atoms with Crippen molar-refractivity contribution < 1.29 is 32.6 Å². The summed E-state index contributed by atoms with van der Waals surface area (Å²) in [6, 6.07) is 16.7. The van der Waals surface area contributed by atoms with Crippen molar-refractivity contribution in [3.8, 4) is 5.75 Å². The Kier molecular flexibility index (Phi) is 6.58. The van der Waals surface area contributed by atoms with Gasteiger partial charge in [-0.05, 0) is 61.1 Å². The molecule has 5 rings (SSSR count). The van der Waals surface area contributed by atoms with Gasteiger partial charge in [0, 0.05) is 25.3 Å². The fraction of sp³-hybridized carbons (Fsp3) is 0.440. The van der Waals surface area contributed by atoms with Crippen LogP contribution < -0.4 is 9.64 Å². The Labute approximate surface area is 195 Å². The minimum atomic E-state index is -5.08.